The highest BCUT2D eigenvalue weighted by molar-refractivity contribution is 8.18. The maximum absolute atomic E-state index is 12.5. The van der Waals surface area contributed by atoms with E-state index in [2.05, 4.69) is 5.32 Å². The number of benzene rings is 2. The molecule has 0 aliphatic carbocycles. The normalized spacial score (nSPS) is 15.2. The van der Waals surface area contributed by atoms with Crippen molar-refractivity contribution in [3.63, 3.8) is 0 Å². The first-order valence-corrected chi connectivity index (χ1v) is 9.54. The highest BCUT2D eigenvalue weighted by Crippen LogP contribution is 2.31. The van der Waals surface area contributed by atoms with Gasteiger partial charge in [0.1, 0.15) is 5.75 Å². The summed E-state index contributed by atoms with van der Waals surface area (Å²) in [6.45, 7) is 2.27. The van der Waals surface area contributed by atoms with E-state index in [0.717, 1.165) is 27.8 Å². The molecular weight excluding hydrogens is 376 g/mol. The fourth-order valence-corrected chi connectivity index (χ4v) is 3.52. The number of thioether (sulfide) groups is 1. The second kappa shape index (κ2) is 8.75. The standard InChI is InChI=1S/C21H20N2O4S/c1-14-6-8-15(9-7-14)12-18-20(25)23(21(26)28-18)11-10-22-19(24)16-4-3-5-17(13-16)27-2/h3-9,12-13H,10-11H2,1-2H3,(H,22,24)/b18-12-. The highest BCUT2D eigenvalue weighted by atomic mass is 32.2. The third kappa shape index (κ3) is 4.61. The molecule has 144 valence electrons. The van der Waals surface area contributed by atoms with Gasteiger partial charge in [-0.05, 0) is 48.5 Å². The molecule has 1 aliphatic heterocycles. The van der Waals surface area contributed by atoms with Crippen LogP contribution >= 0.6 is 11.8 Å². The molecule has 1 saturated heterocycles. The van der Waals surface area contributed by atoms with E-state index in [1.165, 1.54) is 7.11 Å². The van der Waals surface area contributed by atoms with Crippen LogP contribution in [-0.2, 0) is 4.79 Å². The van der Waals surface area contributed by atoms with Crippen molar-refractivity contribution in [3.05, 3.63) is 70.1 Å². The maximum atomic E-state index is 12.5. The van der Waals surface area contributed by atoms with Crippen molar-refractivity contribution in [3.8, 4) is 5.75 Å². The van der Waals surface area contributed by atoms with E-state index in [-0.39, 0.29) is 30.1 Å². The molecule has 2 aromatic rings. The van der Waals surface area contributed by atoms with Gasteiger partial charge in [0.25, 0.3) is 17.1 Å². The number of hydrogen-bond acceptors (Lipinski definition) is 5. The van der Waals surface area contributed by atoms with Gasteiger partial charge in [0.05, 0.1) is 12.0 Å². The van der Waals surface area contributed by atoms with E-state index >= 15 is 0 Å². The zero-order chi connectivity index (χ0) is 20.1. The van der Waals surface area contributed by atoms with Gasteiger partial charge < -0.3 is 10.1 Å². The summed E-state index contributed by atoms with van der Waals surface area (Å²) in [4.78, 5) is 38.4. The summed E-state index contributed by atoms with van der Waals surface area (Å²) in [5.74, 6) is -0.0490. The first-order chi connectivity index (χ1) is 13.5. The second-order valence-electron chi connectivity index (χ2n) is 6.23. The SMILES string of the molecule is COc1cccc(C(=O)NCCN2C(=O)S/C(=C\c3ccc(C)cc3)C2=O)c1. The van der Waals surface area contributed by atoms with Gasteiger partial charge in [0.15, 0.2) is 0 Å². The predicted molar refractivity (Wildman–Crippen MR) is 109 cm³/mol. The van der Waals surface area contributed by atoms with E-state index in [9.17, 15) is 14.4 Å². The van der Waals surface area contributed by atoms with Crippen LogP contribution in [0.3, 0.4) is 0 Å². The van der Waals surface area contributed by atoms with Crippen LogP contribution in [0.4, 0.5) is 4.79 Å². The monoisotopic (exact) mass is 396 g/mol. The molecule has 0 atom stereocenters. The average molecular weight is 396 g/mol. The quantitative estimate of drug-likeness (QED) is 0.757. The van der Waals surface area contributed by atoms with Crippen molar-refractivity contribution in [1.82, 2.24) is 10.2 Å². The molecule has 7 heteroatoms. The Morgan fingerprint density at radius 3 is 2.64 bits per heavy atom. The summed E-state index contributed by atoms with van der Waals surface area (Å²) in [7, 11) is 1.53. The first-order valence-electron chi connectivity index (χ1n) is 8.72. The predicted octanol–water partition coefficient (Wildman–Crippen LogP) is 3.47. The van der Waals surface area contributed by atoms with Crippen LogP contribution in [0.2, 0.25) is 0 Å². The first kappa shape index (κ1) is 19.7. The lowest BCUT2D eigenvalue weighted by Gasteiger charge is -2.13. The minimum absolute atomic E-state index is 0.117. The van der Waals surface area contributed by atoms with Crippen molar-refractivity contribution in [1.29, 1.82) is 0 Å². The number of rotatable bonds is 6. The Hall–Kier alpha value is -3.06. The fourth-order valence-electron chi connectivity index (χ4n) is 2.65. The average Bonchev–Trinajstić information content (AvgIpc) is 2.97. The molecule has 3 rings (SSSR count). The topological polar surface area (TPSA) is 75.7 Å². The van der Waals surface area contributed by atoms with Gasteiger partial charge in [-0.3, -0.25) is 19.3 Å². The fraction of sp³-hybridized carbons (Fsp3) is 0.190. The van der Waals surface area contributed by atoms with Crippen LogP contribution in [0.5, 0.6) is 5.75 Å². The third-order valence-electron chi connectivity index (χ3n) is 4.20. The zero-order valence-corrected chi connectivity index (χ0v) is 16.4. The molecule has 3 amide bonds. The number of carbonyl (C=O) groups is 3. The molecular formula is C21H20N2O4S. The molecule has 0 unspecified atom stereocenters. The van der Waals surface area contributed by atoms with Gasteiger partial charge in [0, 0.05) is 18.7 Å². The smallest absolute Gasteiger partial charge is 0.293 e. The van der Waals surface area contributed by atoms with Gasteiger partial charge in [0.2, 0.25) is 0 Å². The molecule has 0 spiro atoms. The Labute approximate surface area is 167 Å². The zero-order valence-electron chi connectivity index (χ0n) is 15.6. The largest absolute Gasteiger partial charge is 0.497 e. The summed E-state index contributed by atoms with van der Waals surface area (Å²) in [6.07, 6.45) is 1.71. The minimum atomic E-state index is -0.341. The molecule has 0 saturated carbocycles. The summed E-state index contributed by atoms with van der Waals surface area (Å²) >= 11 is 0.910. The van der Waals surface area contributed by atoms with Gasteiger partial charge in [-0.2, -0.15) is 0 Å². The number of imide groups is 1. The Balaban J connectivity index is 1.58. The van der Waals surface area contributed by atoms with Gasteiger partial charge in [-0.15, -0.1) is 0 Å². The highest BCUT2D eigenvalue weighted by Gasteiger charge is 2.34. The Morgan fingerprint density at radius 1 is 1.18 bits per heavy atom. The van der Waals surface area contributed by atoms with E-state index in [1.807, 2.05) is 31.2 Å². The molecule has 2 aromatic carbocycles. The molecule has 6 nitrogen and oxygen atoms in total. The number of hydrogen-bond donors (Lipinski definition) is 1. The summed E-state index contributed by atoms with van der Waals surface area (Å²) in [5.41, 5.74) is 2.44. The molecule has 1 N–H and O–H groups in total. The summed E-state index contributed by atoms with van der Waals surface area (Å²) in [6, 6.07) is 14.5. The molecule has 1 heterocycles. The van der Waals surface area contributed by atoms with Crippen molar-refractivity contribution < 1.29 is 19.1 Å². The van der Waals surface area contributed by atoms with Crippen LogP contribution in [0, 0.1) is 6.92 Å². The van der Waals surface area contributed by atoms with Crippen molar-refractivity contribution in [2.75, 3.05) is 20.2 Å². The summed E-state index contributed by atoms with van der Waals surface area (Å²) < 4.78 is 5.10. The molecule has 0 aromatic heterocycles. The van der Waals surface area contributed by atoms with E-state index in [1.54, 1.807) is 30.3 Å². The lowest BCUT2D eigenvalue weighted by Crippen LogP contribution is -2.37. The number of carbonyl (C=O) groups excluding carboxylic acids is 3. The number of methoxy groups -OCH3 is 1. The number of nitrogens with zero attached hydrogens (tertiary/aromatic N) is 1. The van der Waals surface area contributed by atoms with E-state index in [0.29, 0.717) is 16.2 Å². The van der Waals surface area contributed by atoms with Crippen LogP contribution in [-0.4, -0.2) is 42.2 Å². The van der Waals surface area contributed by atoms with Gasteiger partial charge >= 0.3 is 0 Å². The lowest BCUT2D eigenvalue weighted by molar-refractivity contribution is -0.122. The lowest BCUT2D eigenvalue weighted by atomic mass is 10.1. The number of amides is 3. The molecule has 1 aliphatic rings. The van der Waals surface area contributed by atoms with Crippen molar-refractivity contribution >= 4 is 34.9 Å². The van der Waals surface area contributed by atoms with Gasteiger partial charge in [-0.25, -0.2) is 0 Å². The van der Waals surface area contributed by atoms with Gasteiger partial charge in [-0.1, -0.05) is 35.9 Å². The van der Waals surface area contributed by atoms with Crippen LogP contribution < -0.4 is 10.1 Å². The van der Waals surface area contributed by atoms with E-state index in [4.69, 9.17) is 4.74 Å². The molecule has 28 heavy (non-hydrogen) atoms. The van der Waals surface area contributed by atoms with Crippen LogP contribution in [0.15, 0.2) is 53.4 Å². The second-order valence-corrected chi connectivity index (χ2v) is 7.23. The van der Waals surface area contributed by atoms with Crippen molar-refractivity contribution in [2.24, 2.45) is 0 Å². The molecule has 0 bridgehead atoms. The van der Waals surface area contributed by atoms with E-state index < -0.39 is 0 Å². The van der Waals surface area contributed by atoms with Crippen LogP contribution in [0.1, 0.15) is 21.5 Å². The van der Waals surface area contributed by atoms with Crippen molar-refractivity contribution in [2.45, 2.75) is 6.92 Å². The third-order valence-corrected chi connectivity index (χ3v) is 5.11. The Bertz CT molecular complexity index is 938. The minimum Gasteiger partial charge on any atom is -0.497 e. The molecule has 0 radical (unpaired) electrons. The maximum Gasteiger partial charge on any atom is 0.293 e. The van der Waals surface area contributed by atoms with Crippen LogP contribution in [0.25, 0.3) is 6.08 Å². The number of nitrogens with one attached hydrogen (secondary N) is 1. The Morgan fingerprint density at radius 2 is 1.93 bits per heavy atom. The number of aryl methyl sites for hydroxylation is 1. The Kier molecular flexibility index (Phi) is 6.16. The number of ether oxygens (including phenoxy) is 1. The molecule has 1 fully saturated rings. The summed E-state index contributed by atoms with van der Waals surface area (Å²) in [5, 5.41) is 2.39.